The number of carbonyl (C=O) groups is 1. The van der Waals surface area contributed by atoms with Gasteiger partial charge in [-0.05, 0) is 26.9 Å². The maximum atomic E-state index is 12.5. The SMILES string of the molecule is CCNc1cncc(C(=O)N2CC(C)C(N(C)C)C2)n1. The molecular weight excluding hydrogens is 254 g/mol. The number of likely N-dealkylation sites (tertiary alicyclic amines) is 1. The lowest BCUT2D eigenvalue weighted by Crippen LogP contribution is -2.36. The van der Waals surface area contributed by atoms with E-state index in [0.29, 0.717) is 23.5 Å². The number of anilines is 1. The Hall–Kier alpha value is -1.69. The molecule has 20 heavy (non-hydrogen) atoms. The molecule has 0 saturated carbocycles. The Kier molecular flexibility index (Phi) is 4.54. The molecule has 0 radical (unpaired) electrons. The Bertz CT molecular complexity index is 476. The van der Waals surface area contributed by atoms with Crippen LogP contribution >= 0.6 is 0 Å². The van der Waals surface area contributed by atoms with E-state index in [1.807, 2.05) is 11.8 Å². The van der Waals surface area contributed by atoms with Gasteiger partial charge in [0.05, 0.1) is 12.4 Å². The van der Waals surface area contributed by atoms with Crippen LogP contribution < -0.4 is 5.32 Å². The molecule has 110 valence electrons. The second kappa shape index (κ2) is 6.17. The molecule has 1 aliphatic heterocycles. The van der Waals surface area contributed by atoms with Gasteiger partial charge in [-0.15, -0.1) is 0 Å². The fourth-order valence-corrected chi connectivity index (χ4v) is 2.68. The molecule has 1 aromatic rings. The summed E-state index contributed by atoms with van der Waals surface area (Å²) in [7, 11) is 4.11. The molecule has 2 heterocycles. The molecule has 1 saturated heterocycles. The fourth-order valence-electron chi connectivity index (χ4n) is 2.68. The molecule has 6 heteroatoms. The van der Waals surface area contributed by atoms with Crippen LogP contribution in [0.1, 0.15) is 24.3 Å². The predicted molar refractivity (Wildman–Crippen MR) is 78.7 cm³/mol. The van der Waals surface area contributed by atoms with E-state index in [2.05, 4.69) is 41.2 Å². The molecule has 1 amide bonds. The van der Waals surface area contributed by atoms with Gasteiger partial charge in [-0.2, -0.15) is 0 Å². The number of nitrogens with one attached hydrogen (secondary N) is 1. The van der Waals surface area contributed by atoms with Crippen LogP contribution in [0, 0.1) is 5.92 Å². The third kappa shape index (κ3) is 3.07. The molecule has 1 fully saturated rings. The van der Waals surface area contributed by atoms with Crippen LogP contribution in [0.2, 0.25) is 0 Å². The molecular formula is C14H23N5O. The first-order chi connectivity index (χ1) is 9.52. The zero-order valence-corrected chi connectivity index (χ0v) is 12.6. The number of hydrogen-bond acceptors (Lipinski definition) is 5. The normalized spacial score (nSPS) is 22.4. The number of carbonyl (C=O) groups excluding carboxylic acids is 1. The van der Waals surface area contributed by atoms with Crippen molar-refractivity contribution in [2.24, 2.45) is 5.92 Å². The molecule has 6 nitrogen and oxygen atoms in total. The fraction of sp³-hybridized carbons (Fsp3) is 0.643. The molecule has 2 atom stereocenters. The summed E-state index contributed by atoms with van der Waals surface area (Å²) in [6.45, 7) is 6.45. The van der Waals surface area contributed by atoms with Gasteiger partial charge in [0.25, 0.3) is 5.91 Å². The molecule has 1 aromatic heterocycles. The van der Waals surface area contributed by atoms with Gasteiger partial charge in [-0.3, -0.25) is 9.78 Å². The van der Waals surface area contributed by atoms with E-state index in [1.54, 1.807) is 6.20 Å². The highest BCUT2D eigenvalue weighted by atomic mass is 16.2. The summed E-state index contributed by atoms with van der Waals surface area (Å²) in [6.07, 6.45) is 3.17. The van der Waals surface area contributed by atoms with E-state index < -0.39 is 0 Å². The van der Waals surface area contributed by atoms with Crippen LogP contribution in [0.25, 0.3) is 0 Å². The lowest BCUT2D eigenvalue weighted by atomic mass is 10.1. The number of rotatable bonds is 4. The molecule has 0 spiro atoms. The average Bonchev–Trinajstić information content (AvgIpc) is 2.81. The second-order valence-corrected chi connectivity index (χ2v) is 5.54. The number of amides is 1. The van der Waals surface area contributed by atoms with E-state index in [-0.39, 0.29) is 5.91 Å². The van der Waals surface area contributed by atoms with E-state index in [4.69, 9.17) is 0 Å². The van der Waals surface area contributed by atoms with Crippen molar-refractivity contribution in [2.75, 3.05) is 39.0 Å². The van der Waals surface area contributed by atoms with Crippen LogP contribution in [0.15, 0.2) is 12.4 Å². The lowest BCUT2D eigenvalue weighted by Gasteiger charge is -2.22. The van der Waals surface area contributed by atoms with Crippen molar-refractivity contribution in [3.05, 3.63) is 18.1 Å². The van der Waals surface area contributed by atoms with Gasteiger partial charge in [-0.25, -0.2) is 4.98 Å². The largest absolute Gasteiger partial charge is 0.369 e. The van der Waals surface area contributed by atoms with E-state index in [1.165, 1.54) is 6.20 Å². The highest BCUT2D eigenvalue weighted by Gasteiger charge is 2.34. The van der Waals surface area contributed by atoms with Gasteiger partial charge in [0.15, 0.2) is 0 Å². The van der Waals surface area contributed by atoms with Gasteiger partial charge in [0, 0.05) is 25.7 Å². The third-order valence-electron chi connectivity index (χ3n) is 3.73. The molecule has 2 unspecified atom stereocenters. The zero-order chi connectivity index (χ0) is 14.7. The van der Waals surface area contributed by atoms with Gasteiger partial charge in [-0.1, -0.05) is 6.92 Å². The number of nitrogens with zero attached hydrogens (tertiary/aromatic N) is 4. The Balaban J connectivity index is 2.10. The second-order valence-electron chi connectivity index (χ2n) is 5.54. The predicted octanol–water partition coefficient (Wildman–Crippen LogP) is 0.930. The van der Waals surface area contributed by atoms with Crippen molar-refractivity contribution >= 4 is 11.7 Å². The minimum atomic E-state index is -0.0338. The topological polar surface area (TPSA) is 61.4 Å². The van der Waals surface area contributed by atoms with Crippen LogP contribution in [0.5, 0.6) is 0 Å². The molecule has 1 aliphatic rings. The van der Waals surface area contributed by atoms with Crippen LogP contribution in [0.4, 0.5) is 5.82 Å². The highest BCUT2D eigenvalue weighted by Crippen LogP contribution is 2.21. The van der Waals surface area contributed by atoms with Gasteiger partial charge in [0.2, 0.25) is 0 Å². The highest BCUT2D eigenvalue weighted by molar-refractivity contribution is 5.92. The van der Waals surface area contributed by atoms with E-state index >= 15 is 0 Å². The summed E-state index contributed by atoms with van der Waals surface area (Å²) in [5, 5.41) is 3.08. The molecule has 0 aliphatic carbocycles. The van der Waals surface area contributed by atoms with E-state index in [9.17, 15) is 4.79 Å². The monoisotopic (exact) mass is 277 g/mol. The quantitative estimate of drug-likeness (QED) is 0.887. The summed E-state index contributed by atoms with van der Waals surface area (Å²) < 4.78 is 0. The summed E-state index contributed by atoms with van der Waals surface area (Å²) in [4.78, 5) is 25.0. The Morgan fingerprint density at radius 2 is 2.20 bits per heavy atom. The van der Waals surface area contributed by atoms with Gasteiger partial charge in [0.1, 0.15) is 11.5 Å². The Labute approximate surface area is 120 Å². The van der Waals surface area contributed by atoms with Gasteiger partial charge < -0.3 is 15.1 Å². The van der Waals surface area contributed by atoms with Crippen molar-refractivity contribution in [3.8, 4) is 0 Å². The number of aromatic nitrogens is 2. The minimum Gasteiger partial charge on any atom is -0.369 e. The van der Waals surface area contributed by atoms with Crippen LogP contribution in [-0.4, -0.2) is 65.4 Å². The Morgan fingerprint density at radius 1 is 1.45 bits per heavy atom. The van der Waals surface area contributed by atoms with Crippen LogP contribution in [-0.2, 0) is 0 Å². The van der Waals surface area contributed by atoms with E-state index in [0.717, 1.165) is 19.6 Å². The first kappa shape index (κ1) is 14.7. The first-order valence-corrected chi connectivity index (χ1v) is 7.04. The van der Waals surface area contributed by atoms with Crippen molar-refractivity contribution in [1.82, 2.24) is 19.8 Å². The molecule has 1 N–H and O–H groups in total. The summed E-state index contributed by atoms with van der Waals surface area (Å²) in [5.41, 5.74) is 0.412. The van der Waals surface area contributed by atoms with Crippen molar-refractivity contribution in [1.29, 1.82) is 0 Å². The maximum Gasteiger partial charge on any atom is 0.274 e. The lowest BCUT2D eigenvalue weighted by molar-refractivity contribution is 0.0775. The summed E-state index contributed by atoms with van der Waals surface area (Å²) in [6, 6.07) is 0.406. The third-order valence-corrected chi connectivity index (χ3v) is 3.73. The van der Waals surface area contributed by atoms with Crippen molar-refractivity contribution in [3.63, 3.8) is 0 Å². The molecule has 0 bridgehead atoms. The molecule has 0 aromatic carbocycles. The van der Waals surface area contributed by atoms with Crippen LogP contribution in [0.3, 0.4) is 0 Å². The molecule has 2 rings (SSSR count). The summed E-state index contributed by atoms with van der Waals surface area (Å²) >= 11 is 0. The van der Waals surface area contributed by atoms with Crippen molar-refractivity contribution in [2.45, 2.75) is 19.9 Å². The van der Waals surface area contributed by atoms with Gasteiger partial charge >= 0.3 is 0 Å². The Morgan fingerprint density at radius 3 is 2.80 bits per heavy atom. The summed E-state index contributed by atoms with van der Waals surface area (Å²) in [5.74, 6) is 1.09. The number of hydrogen-bond donors (Lipinski definition) is 1. The van der Waals surface area contributed by atoms with Crippen molar-refractivity contribution < 1.29 is 4.79 Å². The smallest absolute Gasteiger partial charge is 0.274 e. The maximum absolute atomic E-state index is 12.5. The average molecular weight is 277 g/mol. The zero-order valence-electron chi connectivity index (χ0n) is 12.6. The first-order valence-electron chi connectivity index (χ1n) is 7.04. The minimum absolute atomic E-state index is 0.0338. The number of likely N-dealkylation sites (N-methyl/N-ethyl adjacent to an activating group) is 1. The standard InChI is InChI=1S/C14H23N5O/c1-5-16-13-7-15-6-11(17-13)14(20)19-8-10(2)12(9-19)18(3)4/h6-7,10,12H,5,8-9H2,1-4H3,(H,16,17).